The van der Waals surface area contributed by atoms with Crippen LogP contribution in [-0.2, 0) is 4.79 Å². The lowest BCUT2D eigenvalue weighted by molar-refractivity contribution is -0.149. The number of hydrogen-bond donors (Lipinski definition) is 1. The molecule has 0 bridgehead atoms. The van der Waals surface area contributed by atoms with E-state index >= 15 is 0 Å². The zero-order chi connectivity index (χ0) is 18.3. The molecule has 8 nitrogen and oxygen atoms in total. The Morgan fingerprint density at radius 1 is 1.19 bits per heavy atom. The highest BCUT2D eigenvalue weighted by molar-refractivity contribution is 5.92. The summed E-state index contributed by atoms with van der Waals surface area (Å²) >= 11 is 0. The summed E-state index contributed by atoms with van der Waals surface area (Å²) in [5.74, 6) is -0.535. The van der Waals surface area contributed by atoms with Gasteiger partial charge in [-0.25, -0.2) is 4.98 Å². The monoisotopic (exact) mass is 359 g/mol. The van der Waals surface area contributed by atoms with Crippen LogP contribution >= 0.6 is 0 Å². The second kappa shape index (κ2) is 6.59. The van der Waals surface area contributed by atoms with Gasteiger partial charge in [0.1, 0.15) is 5.69 Å². The lowest BCUT2D eigenvalue weighted by atomic mass is 9.81. The van der Waals surface area contributed by atoms with Crippen LogP contribution in [0.3, 0.4) is 0 Å². The topological polar surface area (TPSA) is 89.9 Å². The number of aromatic nitrogens is 2. The van der Waals surface area contributed by atoms with Gasteiger partial charge in [-0.15, -0.1) is 0 Å². The molecule has 3 fully saturated rings. The molecule has 0 radical (unpaired) electrons. The van der Waals surface area contributed by atoms with Crippen molar-refractivity contribution in [3.05, 3.63) is 24.3 Å². The number of carboxylic acid groups (broad SMARTS) is 1. The van der Waals surface area contributed by atoms with Crippen LogP contribution in [0.2, 0.25) is 0 Å². The Morgan fingerprint density at radius 2 is 1.96 bits per heavy atom. The summed E-state index contributed by atoms with van der Waals surface area (Å²) in [7, 11) is 2.00. The van der Waals surface area contributed by atoms with Crippen molar-refractivity contribution in [2.24, 2.45) is 11.3 Å². The molecule has 26 heavy (non-hydrogen) atoms. The zero-order valence-electron chi connectivity index (χ0n) is 15.0. The first-order chi connectivity index (χ1) is 12.5. The van der Waals surface area contributed by atoms with Crippen molar-refractivity contribution in [2.75, 3.05) is 46.3 Å². The molecule has 1 N–H and O–H groups in total. The maximum absolute atomic E-state index is 12.5. The molecular weight excluding hydrogens is 334 g/mol. The molecule has 4 heterocycles. The summed E-state index contributed by atoms with van der Waals surface area (Å²) in [6, 6.07) is 0.355. The van der Waals surface area contributed by atoms with Crippen molar-refractivity contribution >= 4 is 11.9 Å². The molecule has 1 amide bonds. The second-order valence-electron chi connectivity index (χ2n) is 7.90. The summed E-state index contributed by atoms with van der Waals surface area (Å²) < 4.78 is 0. The standard InChI is InChI=1S/C18H25N5O3/c1-21-9-13-10-23(12-18(13,11-21)17(25)26)14-2-6-22(7-3-14)16(24)15-8-19-4-5-20-15/h4-5,8,13-14H,2-3,6-7,9-12H2,1H3,(H,25,26). The van der Waals surface area contributed by atoms with Gasteiger partial charge in [0.25, 0.3) is 5.91 Å². The average Bonchev–Trinajstić information content (AvgIpc) is 3.16. The lowest BCUT2D eigenvalue weighted by Gasteiger charge is -2.37. The number of piperidine rings is 1. The van der Waals surface area contributed by atoms with E-state index in [1.54, 1.807) is 6.20 Å². The molecule has 2 atom stereocenters. The first-order valence-corrected chi connectivity index (χ1v) is 9.21. The number of carbonyl (C=O) groups is 2. The van der Waals surface area contributed by atoms with E-state index < -0.39 is 11.4 Å². The van der Waals surface area contributed by atoms with Gasteiger partial charge in [0.15, 0.2) is 0 Å². The number of amides is 1. The zero-order valence-corrected chi connectivity index (χ0v) is 15.0. The first-order valence-electron chi connectivity index (χ1n) is 9.21. The Bertz CT molecular complexity index is 691. The fourth-order valence-corrected chi connectivity index (χ4v) is 4.94. The van der Waals surface area contributed by atoms with Gasteiger partial charge in [-0.3, -0.25) is 19.5 Å². The molecule has 2 unspecified atom stereocenters. The SMILES string of the molecule is CN1CC2CN(C3CCN(C(=O)c4cnccn4)CC3)CC2(C(=O)O)C1. The molecule has 3 aliphatic heterocycles. The van der Waals surface area contributed by atoms with Crippen LogP contribution in [0.1, 0.15) is 23.3 Å². The molecule has 0 saturated carbocycles. The van der Waals surface area contributed by atoms with E-state index in [0.29, 0.717) is 37.9 Å². The van der Waals surface area contributed by atoms with Crippen LogP contribution in [-0.4, -0.2) is 94.0 Å². The number of nitrogens with zero attached hydrogens (tertiary/aromatic N) is 5. The van der Waals surface area contributed by atoms with Crippen LogP contribution in [0.4, 0.5) is 0 Å². The van der Waals surface area contributed by atoms with E-state index in [-0.39, 0.29) is 11.8 Å². The Hall–Kier alpha value is -2.06. The van der Waals surface area contributed by atoms with E-state index in [9.17, 15) is 14.7 Å². The summed E-state index contributed by atoms with van der Waals surface area (Å²) in [5.41, 5.74) is -0.240. The highest BCUT2D eigenvalue weighted by atomic mass is 16.4. The quantitative estimate of drug-likeness (QED) is 0.814. The Labute approximate surface area is 152 Å². The number of carbonyl (C=O) groups excluding carboxylic acids is 1. The summed E-state index contributed by atoms with van der Waals surface area (Å²) in [4.78, 5) is 38.8. The maximum atomic E-state index is 12.5. The van der Waals surface area contributed by atoms with E-state index in [4.69, 9.17) is 0 Å². The minimum absolute atomic E-state index is 0.0709. The van der Waals surface area contributed by atoms with Gasteiger partial charge in [-0.2, -0.15) is 0 Å². The lowest BCUT2D eigenvalue weighted by Crippen LogP contribution is -2.48. The van der Waals surface area contributed by atoms with Gasteiger partial charge in [-0.05, 0) is 19.9 Å². The van der Waals surface area contributed by atoms with Gasteiger partial charge in [0, 0.05) is 63.6 Å². The van der Waals surface area contributed by atoms with E-state index in [0.717, 1.165) is 25.9 Å². The van der Waals surface area contributed by atoms with E-state index in [2.05, 4.69) is 19.8 Å². The fourth-order valence-electron chi connectivity index (χ4n) is 4.94. The maximum Gasteiger partial charge on any atom is 0.312 e. The number of rotatable bonds is 3. The van der Waals surface area contributed by atoms with Crippen LogP contribution in [0.15, 0.2) is 18.6 Å². The molecule has 0 aromatic carbocycles. The normalized spacial score (nSPS) is 30.5. The predicted octanol–water partition coefficient (Wildman–Crippen LogP) is 0.0294. The van der Waals surface area contributed by atoms with Crippen LogP contribution in [0.5, 0.6) is 0 Å². The highest BCUT2D eigenvalue weighted by Gasteiger charge is 2.57. The van der Waals surface area contributed by atoms with Crippen molar-refractivity contribution in [3.8, 4) is 0 Å². The summed E-state index contributed by atoms with van der Waals surface area (Å²) in [5, 5.41) is 9.83. The summed E-state index contributed by atoms with van der Waals surface area (Å²) in [6.45, 7) is 4.32. The van der Waals surface area contributed by atoms with E-state index in [1.165, 1.54) is 12.4 Å². The number of carboxylic acids is 1. The minimum atomic E-state index is -0.662. The number of aliphatic carboxylic acids is 1. The molecule has 4 rings (SSSR count). The highest BCUT2D eigenvalue weighted by Crippen LogP contribution is 2.43. The molecular formula is C18H25N5O3. The second-order valence-corrected chi connectivity index (χ2v) is 7.90. The smallest absolute Gasteiger partial charge is 0.312 e. The molecule has 1 aromatic rings. The van der Waals surface area contributed by atoms with Crippen molar-refractivity contribution < 1.29 is 14.7 Å². The van der Waals surface area contributed by atoms with E-state index in [1.807, 2.05) is 11.9 Å². The van der Waals surface area contributed by atoms with Gasteiger partial charge in [0.2, 0.25) is 0 Å². The molecule has 0 spiro atoms. The van der Waals surface area contributed by atoms with Crippen LogP contribution in [0, 0.1) is 11.3 Å². The molecule has 1 aromatic heterocycles. The Balaban J connectivity index is 1.37. The van der Waals surface area contributed by atoms with Gasteiger partial charge in [-0.1, -0.05) is 0 Å². The van der Waals surface area contributed by atoms with Gasteiger partial charge in [0.05, 0.1) is 11.6 Å². The van der Waals surface area contributed by atoms with Crippen molar-refractivity contribution in [3.63, 3.8) is 0 Å². The molecule has 0 aliphatic carbocycles. The molecule has 140 valence electrons. The summed E-state index contributed by atoms with van der Waals surface area (Å²) in [6.07, 6.45) is 6.35. The van der Waals surface area contributed by atoms with Crippen LogP contribution in [0.25, 0.3) is 0 Å². The third kappa shape index (κ3) is 2.87. The third-order valence-electron chi connectivity index (χ3n) is 6.28. The van der Waals surface area contributed by atoms with Gasteiger partial charge >= 0.3 is 5.97 Å². The third-order valence-corrected chi connectivity index (χ3v) is 6.28. The number of likely N-dealkylation sites (tertiary alicyclic amines) is 3. The minimum Gasteiger partial charge on any atom is -0.481 e. The largest absolute Gasteiger partial charge is 0.481 e. The Morgan fingerprint density at radius 3 is 2.58 bits per heavy atom. The fraction of sp³-hybridized carbons (Fsp3) is 0.667. The Kier molecular flexibility index (Phi) is 4.40. The molecule has 3 saturated heterocycles. The van der Waals surface area contributed by atoms with Crippen LogP contribution < -0.4 is 0 Å². The van der Waals surface area contributed by atoms with Gasteiger partial charge < -0.3 is 14.9 Å². The number of hydrogen-bond acceptors (Lipinski definition) is 6. The molecule has 3 aliphatic rings. The number of fused-ring (bicyclic) bond motifs is 1. The van der Waals surface area contributed by atoms with Crippen molar-refractivity contribution in [1.82, 2.24) is 24.7 Å². The predicted molar refractivity (Wildman–Crippen MR) is 93.6 cm³/mol. The first kappa shape index (κ1) is 17.4. The van der Waals surface area contributed by atoms with Crippen molar-refractivity contribution in [2.45, 2.75) is 18.9 Å². The average molecular weight is 359 g/mol. The van der Waals surface area contributed by atoms with Crippen molar-refractivity contribution in [1.29, 1.82) is 0 Å². The molecule has 8 heteroatoms.